The zero-order valence-corrected chi connectivity index (χ0v) is 12.8. The summed E-state index contributed by atoms with van der Waals surface area (Å²) in [6.07, 6.45) is 1.52. The predicted molar refractivity (Wildman–Crippen MR) is 79.5 cm³/mol. The zero-order valence-electron chi connectivity index (χ0n) is 10.4. The van der Waals surface area contributed by atoms with Gasteiger partial charge in [-0.15, -0.1) is 11.3 Å². The summed E-state index contributed by atoms with van der Waals surface area (Å²) in [5, 5.41) is 3.20. The third-order valence-electron chi connectivity index (χ3n) is 2.35. The van der Waals surface area contributed by atoms with Crippen molar-refractivity contribution in [3.8, 4) is 0 Å². The summed E-state index contributed by atoms with van der Waals surface area (Å²) >= 11 is 5.10. The van der Waals surface area contributed by atoms with Gasteiger partial charge in [-0.1, -0.05) is 0 Å². The standard InChI is InChI=1S/C13H13BrN2O2S/c1-2-18-13(17)9-3-6-12(15-7-9)16-8-10-4-5-11(14)19-10/h3-7H,2,8H2,1H3,(H,15,16). The summed E-state index contributed by atoms with van der Waals surface area (Å²) < 4.78 is 6.00. The van der Waals surface area contributed by atoms with E-state index in [4.69, 9.17) is 4.74 Å². The molecule has 0 unspecified atom stereocenters. The first-order chi connectivity index (χ1) is 9.19. The molecule has 0 spiro atoms. The largest absolute Gasteiger partial charge is 0.462 e. The summed E-state index contributed by atoms with van der Waals surface area (Å²) in [5.41, 5.74) is 0.464. The molecule has 1 N–H and O–H groups in total. The van der Waals surface area contributed by atoms with Crippen molar-refractivity contribution in [3.05, 3.63) is 44.7 Å². The Morgan fingerprint density at radius 2 is 2.26 bits per heavy atom. The van der Waals surface area contributed by atoms with E-state index in [2.05, 4.69) is 32.3 Å². The summed E-state index contributed by atoms with van der Waals surface area (Å²) in [6.45, 7) is 2.86. The number of ether oxygens (including phenoxy) is 1. The molecule has 0 aromatic carbocycles. The van der Waals surface area contributed by atoms with E-state index in [1.165, 1.54) is 11.1 Å². The molecule has 0 aliphatic heterocycles. The van der Waals surface area contributed by atoms with Gasteiger partial charge in [-0.25, -0.2) is 9.78 Å². The topological polar surface area (TPSA) is 51.2 Å². The molecule has 100 valence electrons. The van der Waals surface area contributed by atoms with Crippen molar-refractivity contribution in [2.75, 3.05) is 11.9 Å². The van der Waals surface area contributed by atoms with Crippen LogP contribution in [0.4, 0.5) is 5.82 Å². The Bertz CT molecular complexity index is 554. The van der Waals surface area contributed by atoms with Crippen LogP contribution in [0.2, 0.25) is 0 Å². The first-order valence-electron chi connectivity index (χ1n) is 5.80. The van der Waals surface area contributed by atoms with E-state index in [1.807, 2.05) is 6.07 Å². The minimum absolute atomic E-state index is 0.344. The van der Waals surface area contributed by atoms with Crippen LogP contribution in [0.25, 0.3) is 0 Å². The van der Waals surface area contributed by atoms with Crippen LogP contribution in [0, 0.1) is 0 Å². The molecule has 0 atom stereocenters. The summed E-state index contributed by atoms with van der Waals surface area (Å²) in [5.74, 6) is 0.390. The molecule has 19 heavy (non-hydrogen) atoms. The van der Waals surface area contributed by atoms with Gasteiger partial charge >= 0.3 is 5.97 Å². The van der Waals surface area contributed by atoms with Crippen molar-refractivity contribution in [3.63, 3.8) is 0 Å². The van der Waals surface area contributed by atoms with Gasteiger partial charge in [0, 0.05) is 11.1 Å². The molecular weight excluding hydrogens is 328 g/mol. The highest BCUT2D eigenvalue weighted by molar-refractivity contribution is 9.11. The van der Waals surface area contributed by atoms with Crippen molar-refractivity contribution in [2.45, 2.75) is 13.5 Å². The molecule has 6 heteroatoms. The van der Waals surface area contributed by atoms with Crippen LogP contribution in [-0.2, 0) is 11.3 Å². The van der Waals surface area contributed by atoms with Gasteiger partial charge in [-0.2, -0.15) is 0 Å². The minimum Gasteiger partial charge on any atom is -0.462 e. The fourth-order valence-corrected chi connectivity index (χ4v) is 2.88. The predicted octanol–water partition coefficient (Wildman–Crippen LogP) is 3.69. The number of nitrogens with zero attached hydrogens (tertiary/aromatic N) is 1. The normalized spacial score (nSPS) is 10.2. The lowest BCUT2D eigenvalue weighted by atomic mass is 10.3. The van der Waals surface area contributed by atoms with Gasteiger partial charge in [0.1, 0.15) is 5.82 Å². The fourth-order valence-electron chi connectivity index (χ4n) is 1.46. The average Bonchev–Trinajstić information content (AvgIpc) is 2.83. The molecule has 2 heterocycles. The second-order valence-corrected chi connectivity index (χ2v) is 6.26. The highest BCUT2D eigenvalue weighted by Gasteiger charge is 2.06. The first-order valence-corrected chi connectivity index (χ1v) is 7.41. The molecule has 0 aliphatic rings. The van der Waals surface area contributed by atoms with E-state index < -0.39 is 0 Å². The Labute approximate surface area is 124 Å². The van der Waals surface area contributed by atoms with Crippen LogP contribution in [0.5, 0.6) is 0 Å². The SMILES string of the molecule is CCOC(=O)c1ccc(NCc2ccc(Br)s2)nc1. The number of carbonyl (C=O) groups is 1. The maximum atomic E-state index is 11.5. The molecule has 2 aromatic heterocycles. The summed E-state index contributed by atoms with van der Waals surface area (Å²) in [6, 6.07) is 7.54. The van der Waals surface area contributed by atoms with Gasteiger partial charge in [0.15, 0.2) is 0 Å². The van der Waals surface area contributed by atoms with E-state index in [0.717, 1.165) is 9.60 Å². The molecule has 0 aliphatic carbocycles. The summed E-state index contributed by atoms with van der Waals surface area (Å²) in [4.78, 5) is 16.8. The third kappa shape index (κ3) is 4.04. The van der Waals surface area contributed by atoms with E-state index in [0.29, 0.717) is 18.7 Å². The monoisotopic (exact) mass is 340 g/mol. The van der Waals surface area contributed by atoms with Crippen LogP contribution in [-0.4, -0.2) is 17.6 Å². The number of carbonyl (C=O) groups excluding carboxylic acids is 1. The number of aromatic nitrogens is 1. The van der Waals surface area contributed by atoms with E-state index in [-0.39, 0.29) is 5.97 Å². The van der Waals surface area contributed by atoms with Crippen molar-refractivity contribution in [2.24, 2.45) is 0 Å². The highest BCUT2D eigenvalue weighted by Crippen LogP contribution is 2.22. The van der Waals surface area contributed by atoms with E-state index >= 15 is 0 Å². The number of rotatable bonds is 5. The van der Waals surface area contributed by atoms with Crippen molar-refractivity contribution >= 4 is 39.1 Å². The highest BCUT2D eigenvalue weighted by atomic mass is 79.9. The van der Waals surface area contributed by atoms with Crippen LogP contribution in [0.1, 0.15) is 22.2 Å². The third-order valence-corrected chi connectivity index (χ3v) is 3.97. The molecule has 0 radical (unpaired) electrons. The molecule has 2 rings (SSSR count). The van der Waals surface area contributed by atoms with Crippen molar-refractivity contribution < 1.29 is 9.53 Å². The lowest BCUT2D eigenvalue weighted by Crippen LogP contribution is -2.06. The number of hydrogen-bond acceptors (Lipinski definition) is 5. The van der Waals surface area contributed by atoms with Crippen LogP contribution < -0.4 is 5.32 Å². The zero-order chi connectivity index (χ0) is 13.7. The molecular formula is C13H13BrN2O2S. The average molecular weight is 341 g/mol. The minimum atomic E-state index is -0.344. The number of anilines is 1. The Morgan fingerprint density at radius 3 is 2.84 bits per heavy atom. The molecule has 0 saturated heterocycles. The lowest BCUT2D eigenvalue weighted by Gasteiger charge is -2.05. The van der Waals surface area contributed by atoms with E-state index in [9.17, 15) is 4.79 Å². The molecule has 0 amide bonds. The maximum absolute atomic E-state index is 11.5. The number of esters is 1. The number of hydrogen-bond donors (Lipinski definition) is 1. The van der Waals surface area contributed by atoms with Gasteiger partial charge < -0.3 is 10.1 Å². The Balaban J connectivity index is 1.93. The van der Waals surface area contributed by atoms with E-state index in [1.54, 1.807) is 30.4 Å². The molecule has 0 saturated carbocycles. The van der Waals surface area contributed by atoms with Crippen LogP contribution in [0.15, 0.2) is 34.2 Å². The van der Waals surface area contributed by atoms with Gasteiger partial charge in [0.2, 0.25) is 0 Å². The smallest absolute Gasteiger partial charge is 0.339 e. The number of nitrogens with one attached hydrogen (secondary N) is 1. The summed E-state index contributed by atoms with van der Waals surface area (Å²) in [7, 11) is 0. The lowest BCUT2D eigenvalue weighted by molar-refractivity contribution is 0.0526. The van der Waals surface area contributed by atoms with Crippen LogP contribution in [0.3, 0.4) is 0 Å². The van der Waals surface area contributed by atoms with Crippen molar-refractivity contribution in [1.82, 2.24) is 4.98 Å². The number of halogens is 1. The Hall–Kier alpha value is -1.40. The van der Waals surface area contributed by atoms with Gasteiger partial charge in [0.25, 0.3) is 0 Å². The van der Waals surface area contributed by atoms with Gasteiger partial charge in [0.05, 0.1) is 22.5 Å². The Kier molecular flexibility index (Phi) is 4.93. The quantitative estimate of drug-likeness (QED) is 0.843. The maximum Gasteiger partial charge on any atom is 0.339 e. The molecule has 0 bridgehead atoms. The van der Waals surface area contributed by atoms with Crippen LogP contribution >= 0.6 is 27.3 Å². The van der Waals surface area contributed by atoms with Gasteiger partial charge in [-0.05, 0) is 47.1 Å². The number of pyridine rings is 1. The second kappa shape index (κ2) is 6.68. The molecule has 0 fully saturated rings. The first kappa shape index (κ1) is 14.0. The second-order valence-electron chi connectivity index (χ2n) is 3.71. The Morgan fingerprint density at radius 1 is 1.42 bits per heavy atom. The van der Waals surface area contributed by atoms with Gasteiger partial charge in [-0.3, -0.25) is 0 Å². The molecule has 4 nitrogen and oxygen atoms in total. The molecule has 2 aromatic rings. The fraction of sp³-hybridized carbons (Fsp3) is 0.231. The number of thiophene rings is 1. The van der Waals surface area contributed by atoms with Crippen molar-refractivity contribution in [1.29, 1.82) is 0 Å².